The van der Waals surface area contributed by atoms with Gasteiger partial charge in [-0.05, 0) is 54.4 Å². The topological polar surface area (TPSA) is 68.8 Å². The van der Waals surface area contributed by atoms with E-state index in [0.717, 1.165) is 11.4 Å². The largest absolute Gasteiger partial charge is 0.474 e. The zero-order valence-electron chi connectivity index (χ0n) is 17.4. The fraction of sp³-hybridized carbons (Fsp3) is 0.417. The highest BCUT2D eigenvalue weighted by Crippen LogP contribution is 2.58. The van der Waals surface area contributed by atoms with Gasteiger partial charge in [0.1, 0.15) is 0 Å². The number of rotatable bonds is 8. The normalized spacial score (nSPS) is 32.3. The summed E-state index contributed by atoms with van der Waals surface area (Å²) in [4.78, 5) is 0. The molecule has 2 bridgehead atoms. The lowest BCUT2D eigenvalue weighted by Crippen LogP contribution is -2.32. The summed E-state index contributed by atoms with van der Waals surface area (Å²) >= 11 is 0. The lowest BCUT2D eigenvalue weighted by Gasteiger charge is -2.23. The highest BCUT2D eigenvalue weighted by atomic mass is 31.2. The van der Waals surface area contributed by atoms with Crippen molar-refractivity contribution in [3.05, 3.63) is 72.8 Å². The molecule has 164 valence electrons. The van der Waals surface area contributed by atoms with Crippen LogP contribution in [0.3, 0.4) is 0 Å². The first kappa shape index (κ1) is 20.8. The van der Waals surface area contributed by atoms with Gasteiger partial charge in [-0.1, -0.05) is 48.6 Å². The number of phosphoric acid groups is 1. The first-order chi connectivity index (χ1) is 15.2. The van der Waals surface area contributed by atoms with Crippen molar-refractivity contribution in [3.63, 3.8) is 0 Å². The van der Waals surface area contributed by atoms with Crippen LogP contribution in [0.25, 0.3) is 0 Å². The smallest absolute Gasteiger partial charge is 0.383 e. The second-order valence-corrected chi connectivity index (χ2v) is 10.2. The molecule has 31 heavy (non-hydrogen) atoms. The molecule has 0 amide bonds. The molecule has 1 saturated heterocycles. The van der Waals surface area contributed by atoms with Crippen molar-refractivity contribution >= 4 is 19.2 Å². The standard InChI is InChI=1S/C24H29N2O4P/c27-31(29-16-23-18-11-12-19(13-18)24(23)17-30-31)28-15-22(26-21-9-5-2-6-10-21)14-25-20-7-3-1-4-8-20/h1-12,18-19,22-26H,13-17H2/t18-,19?,22?,23+,24?,31?/m1/s1. The van der Waals surface area contributed by atoms with E-state index in [-0.39, 0.29) is 12.6 Å². The average molecular weight is 440 g/mol. The van der Waals surface area contributed by atoms with E-state index >= 15 is 0 Å². The van der Waals surface area contributed by atoms with Crippen LogP contribution in [-0.2, 0) is 18.1 Å². The van der Waals surface area contributed by atoms with E-state index in [2.05, 4.69) is 22.8 Å². The van der Waals surface area contributed by atoms with E-state index in [1.54, 1.807) is 0 Å². The number of phosphoric ester groups is 1. The fourth-order valence-corrected chi connectivity index (χ4v) is 6.18. The highest BCUT2D eigenvalue weighted by molar-refractivity contribution is 7.48. The lowest BCUT2D eigenvalue weighted by molar-refractivity contribution is 0.120. The van der Waals surface area contributed by atoms with Crippen LogP contribution in [0.5, 0.6) is 0 Å². The summed E-state index contributed by atoms with van der Waals surface area (Å²) in [5, 5.41) is 6.86. The van der Waals surface area contributed by atoms with Gasteiger partial charge in [-0.3, -0.25) is 13.6 Å². The molecular formula is C24H29N2O4P. The molecule has 1 heterocycles. The van der Waals surface area contributed by atoms with Crippen LogP contribution < -0.4 is 10.6 Å². The molecule has 2 aliphatic carbocycles. The van der Waals surface area contributed by atoms with Crippen molar-refractivity contribution in [2.75, 3.05) is 37.0 Å². The Morgan fingerprint density at radius 2 is 1.48 bits per heavy atom. The monoisotopic (exact) mass is 440 g/mol. The van der Waals surface area contributed by atoms with Crippen LogP contribution in [0.2, 0.25) is 0 Å². The second kappa shape index (κ2) is 9.17. The Morgan fingerprint density at radius 1 is 0.903 bits per heavy atom. The minimum atomic E-state index is -3.59. The molecule has 2 N–H and O–H groups in total. The summed E-state index contributed by atoms with van der Waals surface area (Å²) in [5.74, 6) is 1.81. The Labute approximate surface area is 183 Å². The Kier molecular flexibility index (Phi) is 6.15. The number of benzene rings is 2. The average Bonchev–Trinajstić information content (AvgIpc) is 3.36. The third-order valence-electron chi connectivity index (χ3n) is 6.55. The number of para-hydroxylation sites is 2. The lowest BCUT2D eigenvalue weighted by atomic mass is 9.84. The summed E-state index contributed by atoms with van der Waals surface area (Å²) in [6.07, 6.45) is 5.73. The van der Waals surface area contributed by atoms with E-state index < -0.39 is 7.82 Å². The van der Waals surface area contributed by atoms with Crippen LogP contribution in [0, 0.1) is 23.7 Å². The molecule has 1 aliphatic heterocycles. The van der Waals surface area contributed by atoms with Gasteiger partial charge in [0, 0.05) is 17.9 Å². The van der Waals surface area contributed by atoms with E-state index in [4.69, 9.17) is 13.6 Å². The molecule has 0 spiro atoms. The number of nitrogens with one attached hydrogen (secondary N) is 2. The molecule has 4 unspecified atom stereocenters. The first-order valence-electron chi connectivity index (χ1n) is 11.0. The molecule has 6 atom stereocenters. The van der Waals surface area contributed by atoms with E-state index in [9.17, 15) is 4.57 Å². The fourth-order valence-electron chi connectivity index (χ4n) is 4.89. The minimum absolute atomic E-state index is 0.124. The third-order valence-corrected chi connectivity index (χ3v) is 7.95. The zero-order valence-corrected chi connectivity index (χ0v) is 18.3. The molecule has 7 heteroatoms. The van der Waals surface area contributed by atoms with E-state index in [1.807, 2.05) is 60.7 Å². The predicted molar refractivity (Wildman–Crippen MR) is 122 cm³/mol. The molecule has 2 fully saturated rings. The Hall–Kier alpha value is -2.11. The van der Waals surface area contributed by atoms with Crippen LogP contribution >= 0.6 is 7.82 Å². The number of anilines is 2. The van der Waals surface area contributed by atoms with Crippen molar-refractivity contribution in [1.82, 2.24) is 0 Å². The summed E-state index contributed by atoms with van der Waals surface area (Å²) in [6.45, 7) is 1.67. The van der Waals surface area contributed by atoms with Gasteiger partial charge in [0.25, 0.3) is 0 Å². The summed E-state index contributed by atoms with van der Waals surface area (Å²) in [5.41, 5.74) is 2.00. The molecular weight excluding hydrogens is 411 g/mol. The summed E-state index contributed by atoms with van der Waals surface area (Å²) in [7, 11) is -3.59. The van der Waals surface area contributed by atoms with Gasteiger partial charge in [0.05, 0.1) is 25.9 Å². The number of fused-ring (bicyclic) bond motifs is 5. The van der Waals surface area contributed by atoms with Crippen molar-refractivity contribution in [2.24, 2.45) is 23.7 Å². The number of hydrogen-bond donors (Lipinski definition) is 2. The molecule has 0 radical (unpaired) electrons. The maximum Gasteiger partial charge on any atom is 0.474 e. The van der Waals surface area contributed by atoms with E-state index in [1.165, 1.54) is 6.42 Å². The van der Waals surface area contributed by atoms with Crippen molar-refractivity contribution in [1.29, 1.82) is 0 Å². The molecule has 6 nitrogen and oxygen atoms in total. The molecule has 2 aromatic rings. The van der Waals surface area contributed by atoms with Gasteiger partial charge in [0.15, 0.2) is 0 Å². The Morgan fingerprint density at radius 3 is 2.10 bits per heavy atom. The molecule has 1 saturated carbocycles. The second-order valence-electron chi connectivity index (χ2n) is 8.56. The SMILES string of the molecule is O=P1(OCC(CNc2ccccc2)Nc2ccccc2)OCC2C3C=C[C@H](C3)[C@@H]2CO1. The van der Waals surface area contributed by atoms with E-state index in [0.29, 0.717) is 43.4 Å². The summed E-state index contributed by atoms with van der Waals surface area (Å²) in [6, 6.07) is 19.8. The van der Waals surface area contributed by atoms with Gasteiger partial charge in [0.2, 0.25) is 0 Å². The van der Waals surface area contributed by atoms with Crippen molar-refractivity contribution in [2.45, 2.75) is 12.5 Å². The molecule has 0 aromatic heterocycles. The van der Waals surface area contributed by atoms with Gasteiger partial charge in [-0.2, -0.15) is 0 Å². The maximum absolute atomic E-state index is 13.2. The van der Waals surface area contributed by atoms with Crippen molar-refractivity contribution in [3.8, 4) is 0 Å². The first-order valence-corrected chi connectivity index (χ1v) is 12.5. The predicted octanol–water partition coefficient (Wildman–Crippen LogP) is 5.19. The van der Waals surface area contributed by atoms with Gasteiger partial charge in [-0.25, -0.2) is 4.57 Å². The minimum Gasteiger partial charge on any atom is -0.383 e. The molecule has 2 aromatic carbocycles. The summed E-state index contributed by atoms with van der Waals surface area (Å²) < 4.78 is 30.5. The van der Waals surface area contributed by atoms with Gasteiger partial charge < -0.3 is 10.6 Å². The number of allylic oxidation sites excluding steroid dienone is 2. The highest BCUT2D eigenvalue weighted by Gasteiger charge is 2.48. The molecule has 5 rings (SSSR count). The number of hydrogen-bond acceptors (Lipinski definition) is 6. The van der Waals surface area contributed by atoms with Gasteiger partial charge >= 0.3 is 7.82 Å². The quantitative estimate of drug-likeness (QED) is 0.435. The maximum atomic E-state index is 13.2. The zero-order chi connectivity index (χ0) is 21.1. The van der Waals surface area contributed by atoms with Crippen LogP contribution in [0.4, 0.5) is 11.4 Å². The van der Waals surface area contributed by atoms with Crippen LogP contribution in [0.15, 0.2) is 72.8 Å². The third kappa shape index (κ3) is 4.88. The Balaban J connectivity index is 1.21. The van der Waals surface area contributed by atoms with Crippen molar-refractivity contribution < 1.29 is 18.1 Å². The van der Waals surface area contributed by atoms with Crippen LogP contribution in [0.1, 0.15) is 6.42 Å². The van der Waals surface area contributed by atoms with Gasteiger partial charge in [-0.15, -0.1) is 0 Å². The molecule has 3 aliphatic rings. The Bertz CT molecular complexity index is 913. The van der Waals surface area contributed by atoms with Crippen LogP contribution in [-0.4, -0.2) is 32.4 Å².